The first-order chi connectivity index (χ1) is 13.5. The third-order valence-corrected chi connectivity index (χ3v) is 5.17. The van der Waals surface area contributed by atoms with Gasteiger partial charge in [0.15, 0.2) is 0 Å². The van der Waals surface area contributed by atoms with Crippen LogP contribution in [0.1, 0.15) is 16.7 Å². The molecule has 0 spiro atoms. The monoisotopic (exact) mass is 554 g/mol. The quantitative estimate of drug-likeness (QED) is 0.240. The molecule has 0 radical (unpaired) electrons. The Morgan fingerprint density at radius 1 is 0.607 bits per heavy atom. The molecule has 4 nitrogen and oxygen atoms in total. The number of rotatable bonds is 6. The van der Waals surface area contributed by atoms with Gasteiger partial charge in [0.25, 0.3) is 0 Å². The number of hydrogen-bond donors (Lipinski definition) is 0. The molecule has 0 atom stereocenters. The molecule has 7 heteroatoms. The second-order valence-corrected chi connectivity index (χ2v) is 7.46. The zero-order valence-electron chi connectivity index (χ0n) is 15.7. The van der Waals surface area contributed by atoms with Crippen molar-refractivity contribution in [3.8, 4) is 17.2 Å². The van der Waals surface area contributed by atoms with Crippen LogP contribution in [0.3, 0.4) is 0 Å². The summed E-state index contributed by atoms with van der Waals surface area (Å²) in [5, 5.41) is 0. The van der Waals surface area contributed by atoms with Crippen LogP contribution < -0.4 is 13.6 Å². The van der Waals surface area contributed by atoms with E-state index in [1.165, 1.54) is 0 Å². The summed E-state index contributed by atoms with van der Waals surface area (Å²) in [7, 11) is -3.97. The van der Waals surface area contributed by atoms with Crippen molar-refractivity contribution in [1.29, 1.82) is 0 Å². The van der Waals surface area contributed by atoms with Gasteiger partial charge < -0.3 is 13.6 Å². The third kappa shape index (κ3) is 6.26. The van der Waals surface area contributed by atoms with E-state index in [2.05, 4.69) is 32.0 Å². The second-order valence-electron chi connectivity index (χ2n) is 6.02. The average molecular weight is 556 g/mol. The average Bonchev–Trinajstić information content (AvgIpc) is 2.69. The number of para-hydroxylation sites is 3. The van der Waals surface area contributed by atoms with Gasteiger partial charge in [-0.3, -0.25) is 0 Å². The van der Waals surface area contributed by atoms with E-state index in [0.717, 1.165) is 16.7 Å². The van der Waals surface area contributed by atoms with Gasteiger partial charge in [0.2, 0.25) is 0 Å². The van der Waals surface area contributed by atoms with Gasteiger partial charge in [0.1, 0.15) is 17.2 Å². The minimum absolute atomic E-state index is 0.456. The van der Waals surface area contributed by atoms with Gasteiger partial charge in [-0.2, -0.15) is 4.57 Å². The number of phosphoric ester groups is 1. The fourth-order valence-electron chi connectivity index (χ4n) is 2.39. The molecule has 0 aliphatic rings. The summed E-state index contributed by atoms with van der Waals surface area (Å²) in [5.74, 6) is 1.37. The van der Waals surface area contributed by atoms with Crippen molar-refractivity contribution < 1.29 is 37.1 Å². The van der Waals surface area contributed by atoms with Crippen molar-refractivity contribution in [1.82, 2.24) is 0 Å². The van der Waals surface area contributed by atoms with Crippen LogP contribution in [0.15, 0.2) is 72.8 Å². The summed E-state index contributed by atoms with van der Waals surface area (Å²) in [4.78, 5) is 0. The Hall–Kier alpha value is -1.49. The summed E-state index contributed by atoms with van der Waals surface area (Å²) >= 11 is 5.51. The molecule has 3 aromatic carbocycles. The van der Waals surface area contributed by atoms with Crippen molar-refractivity contribution in [2.24, 2.45) is 0 Å². The van der Waals surface area contributed by atoms with Crippen molar-refractivity contribution in [3.05, 3.63) is 89.5 Å². The fraction of sp³-hybridized carbons (Fsp3) is 0.143. The third-order valence-electron chi connectivity index (χ3n) is 3.91. The van der Waals surface area contributed by atoms with Crippen molar-refractivity contribution in [2.45, 2.75) is 20.8 Å². The topological polar surface area (TPSA) is 44.8 Å². The van der Waals surface area contributed by atoms with Crippen LogP contribution in [-0.4, -0.2) is 0 Å². The molecule has 0 saturated carbocycles. The second kappa shape index (κ2) is 10.9. The Labute approximate surface area is 184 Å². The Balaban J connectivity index is 0.00000136. The van der Waals surface area contributed by atoms with Gasteiger partial charge in [0, 0.05) is 0 Å². The zero-order chi connectivity index (χ0) is 20.6. The van der Waals surface area contributed by atoms with Crippen LogP contribution in [0.5, 0.6) is 17.2 Å². The van der Waals surface area contributed by atoms with E-state index in [4.69, 9.17) is 13.6 Å². The Morgan fingerprint density at radius 2 is 0.857 bits per heavy atom. The molecule has 0 saturated heterocycles. The molecule has 0 unspecified atom stereocenters. The van der Waals surface area contributed by atoms with Crippen LogP contribution in [0.25, 0.3) is 0 Å². The summed E-state index contributed by atoms with van der Waals surface area (Å²) in [6, 6.07) is 22.0. The summed E-state index contributed by atoms with van der Waals surface area (Å²) in [6.45, 7) is 5.63. The Kier molecular flexibility index (Phi) is 8.87. The molecule has 0 fully saturated rings. The summed E-state index contributed by atoms with van der Waals surface area (Å²) in [5.41, 5.74) is 2.53. The molecule has 0 amide bonds. The standard InChI is InChI=1S/C21H21O4P.Ag.BrH/c1-16-10-4-7-13-19(16)23-26(22,24-20-14-8-5-11-17(20)2)25-21-15-9-6-12-18(21)3;;/h4-15H,1-3H3;;1H/q;+1;/p-1. The number of halogens is 1. The normalized spacial score (nSPS) is 10.5. The molecule has 3 rings (SSSR count). The number of hydrogen-bond acceptors (Lipinski definition) is 4. The van der Waals surface area contributed by atoms with E-state index in [-0.39, 0.29) is 0 Å². The molecule has 0 aromatic heterocycles. The van der Waals surface area contributed by atoms with Crippen LogP contribution in [0, 0.1) is 20.8 Å². The van der Waals surface area contributed by atoms with Gasteiger partial charge in [-0.1, -0.05) is 54.6 Å². The molecule has 0 heterocycles. The fourth-order valence-corrected chi connectivity index (χ4v) is 3.84. The van der Waals surface area contributed by atoms with Gasteiger partial charge in [-0.15, -0.1) is 0 Å². The van der Waals surface area contributed by atoms with Crippen LogP contribution in [0.2, 0.25) is 0 Å². The Bertz CT molecular complexity index is 842. The molecule has 0 aliphatic carbocycles. The summed E-state index contributed by atoms with van der Waals surface area (Å²) in [6.07, 6.45) is 0. The van der Waals surface area contributed by atoms with E-state index in [9.17, 15) is 4.57 Å². The maximum atomic E-state index is 13.5. The predicted octanol–water partition coefficient (Wildman–Crippen LogP) is 7.10. The number of aryl methyl sites for hydroxylation is 3. The van der Waals surface area contributed by atoms with Gasteiger partial charge in [-0.25, -0.2) is 0 Å². The van der Waals surface area contributed by atoms with E-state index in [1.807, 2.05) is 75.4 Å². The van der Waals surface area contributed by atoms with Crippen LogP contribution >= 0.6 is 20.8 Å². The first kappa shape index (κ1) is 22.8. The molecular weight excluding hydrogens is 535 g/mol. The molecule has 152 valence electrons. The Morgan fingerprint density at radius 3 is 1.11 bits per heavy atom. The summed E-state index contributed by atoms with van der Waals surface area (Å²) < 4.78 is 30.8. The van der Waals surface area contributed by atoms with Crippen molar-refractivity contribution in [3.63, 3.8) is 0 Å². The predicted molar refractivity (Wildman–Crippen MR) is 112 cm³/mol. The van der Waals surface area contributed by atoms with E-state index < -0.39 is 7.82 Å². The van der Waals surface area contributed by atoms with E-state index in [0.29, 0.717) is 17.2 Å². The number of phosphoric acid groups is 1. The van der Waals surface area contributed by atoms with Crippen LogP contribution in [0.4, 0.5) is 0 Å². The SMILES string of the molecule is Cc1ccccc1OP(=O)(Oc1ccccc1C)Oc1ccccc1C.[Br][Ag]. The van der Waals surface area contributed by atoms with E-state index >= 15 is 0 Å². The molecule has 3 aromatic rings. The van der Waals surface area contributed by atoms with E-state index in [1.54, 1.807) is 18.2 Å². The minimum atomic E-state index is -3.97. The van der Waals surface area contributed by atoms with Gasteiger partial charge in [-0.05, 0) is 55.7 Å². The van der Waals surface area contributed by atoms with Crippen molar-refractivity contribution in [2.75, 3.05) is 0 Å². The molecule has 0 bridgehead atoms. The van der Waals surface area contributed by atoms with Crippen LogP contribution in [-0.2, 0) is 23.5 Å². The molecule has 0 N–H and O–H groups in total. The zero-order valence-corrected chi connectivity index (χ0v) is 19.7. The molecule has 28 heavy (non-hydrogen) atoms. The first-order valence-electron chi connectivity index (χ1n) is 8.44. The molecule has 0 aliphatic heterocycles. The first-order valence-corrected chi connectivity index (χ1v) is 13.3. The molecular formula is C21H21AgBrO4P. The van der Waals surface area contributed by atoms with Gasteiger partial charge in [0.05, 0.1) is 0 Å². The maximum absolute atomic E-state index is 13.5. The number of benzene rings is 3. The van der Waals surface area contributed by atoms with Gasteiger partial charge >= 0.3 is 39.8 Å². The van der Waals surface area contributed by atoms with Crippen molar-refractivity contribution >= 4 is 20.8 Å².